The average Bonchev–Trinajstić information content (AvgIpc) is 2.18. The van der Waals surface area contributed by atoms with Gasteiger partial charge in [-0.3, -0.25) is 4.79 Å². The molecule has 1 aromatic carbocycles. The molecule has 0 spiro atoms. The number of carbonyl (C=O) groups excluding carboxylic acids is 1. The number of nitrogens with one attached hydrogen (secondary N) is 1. The topological polar surface area (TPSA) is 49.3 Å². The predicted molar refractivity (Wildman–Crippen MR) is 70.2 cm³/mol. The van der Waals surface area contributed by atoms with Crippen LogP contribution in [0.3, 0.4) is 0 Å². The normalized spacial score (nSPS) is 11.3. The van der Waals surface area contributed by atoms with E-state index in [1.54, 1.807) is 12.1 Å². The van der Waals surface area contributed by atoms with E-state index >= 15 is 0 Å². The quantitative estimate of drug-likeness (QED) is 0.788. The molecule has 0 aliphatic carbocycles. The Balaban J connectivity index is 2.57. The monoisotopic (exact) mass is 235 g/mol. The number of amides is 1. The number of aryl methyl sites for hydroxylation is 1. The minimum Gasteiger partial charge on any atom is -0.506 e. The van der Waals surface area contributed by atoms with Crippen molar-refractivity contribution >= 4 is 11.6 Å². The SMILES string of the molecule is Cc1ccc(NC(=O)CCC(C)(C)C)c(O)c1. The van der Waals surface area contributed by atoms with Gasteiger partial charge >= 0.3 is 0 Å². The van der Waals surface area contributed by atoms with Crippen LogP contribution in [-0.2, 0) is 4.79 Å². The van der Waals surface area contributed by atoms with Crippen LogP contribution in [-0.4, -0.2) is 11.0 Å². The van der Waals surface area contributed by atoms with Crippen molar-refractivity contribution in [2.45, 2.75) is 40.5 Å². The van der Waals surface area contributed by atoms with Crippen molar-refractivity contribution in [3.05, 3.63) is 23.8 Å². The molecule has 0 aliphatic heterocycles. The van der Waals surface area contributed by atoms with E-state index in [0.29, 0.717) is 12.1 Å². The Morgan fingerprint density at radius 3 is 2.53 bits per heavy atom. The van der Waals surface area contributed by atoms with Gasteiger partial charge in [0.25, 0.3) is 0 Å². The van der Waals surface area contributed by atoms with Crippen molar-refractivity contribution in [3.8, 4) is 5.75 Å². The highest BCUT2D eigenvalue weighted by Crippen LogP contribution is 2.25. The molecule has 1 aromatic rings. The van der Waals surface area contributed by atoms with Crippen LogP contribution in [0, 0.1) is 12.3 Å². The fourth-order valence-electron chi connectivity index (χ4n) is 1.45. The van der Waals surface area contributed by atoms with Gasteiger partial charge in [0.15, 0.2) is 0 Å². The fraction of sp³-hybridized carbons (Fsp3) is 0.500. The molecule has 0 heterocycles. The number of hydrogen-bond acceptors (Lipinski definition) is 2. The molecule has 0 atom stereocenters. The molecule has 3 nitrogen and oxygen atoms in total. The second-order valence-electron chi connectivity index (χ2n) is 5.63. The van der Waals surface area contributed by atoms with Gasteiger partial charge in [0.2, 0.25) is 5.91 Å². The smallest absolute Gasteiger partial charge is 0.224 e. The summed E-state index contributed by atoms with van der Waals surface area (Å²) in [6.07, 6.45) is 1.29. The van der Waals surface area contributed by atoms with Crippen LogP contribution in [0.4, 0.5) is 5.69 Å². The number of hydrogen-bond donors (Lipinski definition) is 2. The summed E-state index contributed by atoms with van der Waals surface area (Å²) in [5.74, 6) is 0.0631. The van der Waals surface area contributed by atoms with E-state index in [9.17, 15) is 9.90 Å². The van der Waals surface area contributed by atoms with Crippen LogP contribution in [0.15, 0.2) is 18.2 Å². The number of benzene rings is 1. The van der Waals surface area contributed by atoms with E-state index in [-0.39, 0.29) is 17.1 Å². The third-order valence-electron chi connectivity index (χ3n) is 2.53. The predicted octanol–water partition coefficient (Wildman–Crippen LogP) is 3.47. The van der Waals surface area contributed by atoms with Crippen molar-refractivity contribution < 1.29 is 9.90 Å². The molecule has 1 rings (SSSR count). The number of phenolic OH excluding ortho intramolecular Hbond substituents is 1. The molecule has 0 fully saturated rings. The first-order valence-electron chi connectivity index (χ1n) is 5.87. The summed E-state index contributed by atoms with van der Waals surface area (Å²) in [5.41, 5.74) is 1.59. The third-order valence-corrected chi connectivity index (χ3v) is 2.53. The number of carbonyl (C=O) groups is 1. The molecular weight excluding hydrogens is 214 g/mol. The summed E-state index contributed by atoms with van der Waals surface area (Å²) in [4.78, 5) is 11.7. The maximum Gasteiger partial charge on any atom is 0.224 e. The van der Waals surface area contributed by atoms with Gasteiger partial charge < -0.3 is 10.4 Å². The van der Waals surface area contributed by atoms with Crippen LogP contribution >= 0.6 is 0 Å². The molecule has 0 saturated heterocycles. The van der Waals surface area contributed by atoms with E-state index in [2.05, 4.69) is 26.1 Å². The summed E-state index contributed by atoms with van der Waals surface area (Å²) in [5, 5.41) is 12.4. The first kappa shape index (κ1) is 13.6. The van der Waals surface area contributed by atoms with Crippen molar-refractivity contribution in [1.82, 2.24) is 0 Å². The first-order valence-corrected chi connectivity index (χ1v) is 5.87. The van der Waals surface area contributed by atoms with Crippen LogP contribution in [0.25, 0.3) is 0 Å². The van der Waals surface area contributed by atoms with Crippen LogP contribution in [0.2, 0.25) is 0 Å². The Morgan fingerprint density at radius 1 is 1.35 bits per heavy atom. The van der Waals surface area contributed by atoms with Crippen molar-refractivity contribution in [2.75, 3.05) is 5.32 Å². The Kier molecular flexibility index (Phi) is 4.16. The minimum atomic E-state index is -0.0564. The Hall–Kier alpha value is -1.51. The molecule has 1 amide bonds. The molecule has 0 radical (unpaired) electrons. The molecule has 0 aromatic heterocycles. The zero-order valence-corrected chi connectivity index (χ0v) is 11.0. The summed E-state index contributed by atoms with van der Waals surface area (Å²) >= 11 is 0. The zero-order chi connectivity index (χ0) is 13.1. The maximum absolute atomic E-state index is 11.7. The van der Waals surface area contributed by atoms with E-state index in [1.165, 1.54) is 0 Å². The van der Waals surface area contributed by atoms with Crippen molar-refractivity contribution in [1.29, 1.82) is 0 Å². The maximum atomic E-state index is 11.7. The Bertz CT molecular complexity index is 405. The zero-order valence-electron chi connectivity index (χ0n) is 11.0. The van der Waals surface area contributed by atoms with Crippen LogP contribution in [0.5, 0.6) is 5.75 Å². The van der Waals surface area contributed by atoms with Crippen LogP contribution < -0.4 is 5.32 Å². The average molecular weight is 235 g/mol. The summed E-state index contributed by atoms with van der Waals surface area (Å²) in [6.45, 7) is 8.20. The minimum absolute atomic E-state index is 0.0564. The van der Waals surface area contributed by atoms with Gasteiger partial charge in [0, 0.05) is 6.42 Å². The second-order valence-corrected chi connectivity index (χ2v) is 5.63. The lowest BCUT2D eigenvalue weighted by atomic mass is 9.90. The highest BCUT2D eigenvalue weighted by atomic mass is 16.3. The molecule has 94 valence electrons. The van der Waals surface area contributed by atoms with Crippen molar-refractivity contribution in [3.63, 3.8) is 0 Å². The molecule has 0 aliphatic rings. The van der Waals surface area contributed by atoms with Gasteiger partial charge in [0.05, 0.1) is 5.69 Å². The number of anilines is 1. The standard InChI is InChI=1S/C14H21NO2/c1-10-5-6-11(12(16)9-10)15-13(17)7-8-14(2,3)4/h5-6,9,16H,7-8H2,1-4H3,(H,15,17). The first-order chi connectivity index (χ1) is 7.78. The molecule has 0 bridgehead atoms. The number of rotatable bonds is 3. The highest BCUT2D eigenvalue weighted by Gasteiger charge is 2.13. The number of phenols is 1. The van der Waals surface area contributed by atoms with Gasteiger partial charge in [0.1, 0.15) is 5.75 Å². The molecule has 3 heteroatoms. The largest absolute Gasteiger partial charge is 0.506 e. The van der Waals surface area contributed by atoms with E-state index < -0.39 is 0 Å². The second kappa shape index (κ2) is 5.21. The van der Waals surface area contributed by atoms with Gasteiger partial charge in [-0.15, -0.1) is 0 Å². The Labute approximate surface area is 103 Å². The summed E-state index contributed by atoms with van der Waals surface area (Å²) in [6, 6.07) is 5.22. The number of aromatic hydroxyl groups is 1. The van der Waals surface area contributed by atoms with E-state index in [4.69, 9.17) is 0 Å². The lowest BCUT2D eigenvalue weighted by Gasteiger charge is -2.17. The molecule has 0 unspecified atom stereocenters. The van der Waals surface area contributed by atoms with Gasteiger partial charge in [-0.05, 0) is 36.5 Å². The highest BCUT2D eigenvalue weighted by molar-refractivity contribution is 5.92. The van der Waals surface area contributed by atoms with E-state index in [0.717, 1.165) is 12.0 Å². The Morgan fingerprint density at radius 2 is 2.00 bits per heavy atom. The van der Waals surface area contributed by atoms with Gasteiger partial charge in [-0.25, -0.2) is 0 Å². The fourth-order valence-corrected chi connectivity index (χ4v) is 1.45. The lowest BCUT2D eigenvalue weighted by molar-refractivity contribution is -0.116. The lowest BCUT2D eigenvalue weighted by Crippen LogP contribution is -2.15. The summed E-state index contributed by atoms with van der Waals surface area (Å²) < 4.78 is 0. The molecule has 2 N–H and O–H groups in total. The molecular formula is C14H21NO2. The van der Waals surface area contributed by atoms with E-state index in [1.807, 2.05) is 13.0 Å². The van der Waals surface area contributed by atoms with Gasteiger partial charge in [-0.1, -0.05) is 26.8 Å². The molecule has 0 saturated carbocycles. The molecule has 17 heavy (non-hydrogen) atoms. The van der Waals surface area contributed by atoms with Gasteiger partial charge in [-0.2, -0.15) is 0 Å². The van der Waals surface area contributed by atoms with Crippen LogP contribution in [0.1, 0.15) is 39.2 Å². The summed E-state index contributed by atoms with van der Waals surface area (Å²) in [7, 11) is 0. The van der Waals surface area contributed by atoms with Crippen molar-refractivity contribution in [2.24, 2.45) is 5.41 Å². The third kappa shape index (κ3) is 4.89.